The van der Waals surface area contributed by atoms with Crippen molar-refractivity contribution in [3.05, 3.63) is 36.4 Å². The molecule has 0 saturated heterocycles. The Hall–Kier alpha value is -1.66. The molecule has 1 atom stereocenters. The van der Waals surface area contributed by atoms with Gasteiger partial charge >= 0.3 is 0 Å². The summed E-state index contributed by atoms with van der Waals surface area (Å²) in [4.78, 5) is 11.1. The molecule has 0 amide bonds. The largest absolute Gasteiger partial charge is 0.333 e. The van der Waals surface area contributed by atoms with E-state index in [1.807, 2.05) is 24.9 Å². The molecule has 108 valence electrons. The van der Waals surface area contributed by atoms with Gasteiger partial charge in [0.15, 0.2) is 0 Å². The Bertz CT molecular complexity index is 558. The molecule has 2 aromatic heterocycles. The second kappa shape index (κ2) is 5.76. The van der Waals surface area contributed by atoms with Crippen LogP contribution in [0, 0.1) is 0 Å². The highest BCUT2D eigenvalue weighted by Gasteiger charge is 2.26. The molecule has 0 radical (unpaired) electrons. The van der Waals surface area contributed by atoms with Crippen molar-refractivity contribution in [1.29, 1.82) is 0 Å². The van der Waals surface area contributed by atoms with Crippen molar-refractivity contribution in [2.24, 2.45) is 5.73 Å². The molecule has 3 heterocycles. The van der Waals surface area contributed by atoms with E-state index in [1.165, 1.54) is 5.69 Å². The highest BCUT2D eigenvalue weighted by atomic mass is 15.3. The lowest BCUT2D eigenvalue weighted by molar-refractivity contribution is 0.150. The molecule has 1 aliphatic rings. The Labute approximate surface area is 119 Å². The highest BCUT2D eigenvalue weighted by Crippen LogP contribution is 2.24. The quantitative estimate of drug-likeness (QED) is 0.883. The van der Waals surface area contributed by atoms with E-state index in [9.17, 15) is 0 Å². The third-order valence-electron chi connectivity index (χ3n) is 3.99. The Morgan fingerprint density at radius 2 is 2.30 bits per heavy atom. The monoisotopic (exact) mass is 274 g/mol. The molecular formula is C14H22N6. The standard InChI is InChI=1S/C14H22N6/c1-2-4-20-11-16-9-13(20)12(8-15)19-7-6-18-5-3-17-14(18)10-19/h3,5,9,11-12H,2,4,6-8,10,15H2,1H3. The van der Waals surface area contributed by atoms with Gasteiger partial charge in [-0.2, -0.15) is 0 Å². The zero-order valence-electron chi connectivity index (χ0n) is 11.9. The first-order valence-corrected chi connectivity index (χ1v) is 7.27. The number of nitrogens with two attached hydrogens (primary N) is 1. The SMILES string of the molecule is CCCn1cncc1C(CN)N1CCn2ccnc2C1. The molecule has 20 heavy (non-hydrogen) atoms. The molecule has 1 unspecified atom stereocenters. The molecule has 0 bridgehead atoms. The summed E-state index contributed by atoms with van der Waals surface area (Å²) in [7, 11) is 0. The van der Waals surface area contributed by atoms with Gasteiger partial charge in [0.05, 0.1) is 24.6 Å². The van der Waals surface area contributed by atoms with E-state index in [2.05, 4.69) is 30.9 Å². The number of nitrogens with zero attached hydrogens (tertiary/aromatic N) is 5. The Morgan fingerprint density at radius 1 is 1.40 bits per heavy atom. The first kappa shape index (κ1) is 13.3. The number of fused-ring (bicyclic) bond motifs is 1. The van der Waals surface area contributed by atoms with E-state index in [0.29, 0.717) is 6.54 Å². The first-order chi connectivity index (χ1) is 9.83. The Balaban J connectivity index is 1.82. The van der Waals surface area contributed by atoms with Gasteiger partial charge in [0, 0.05) is 44.8 Å². The van der Waals surface area contributed by atoms with Crippen LogP contribution < -0.4 is 5.73 Å². The molecule has 6 heteroatoms. The fraction of sp³-hybridized carbons (Fsp3) is 0.571. The topological polar surface area (TPSA) is 64.9 Å². The fourth-order valence-electron chi connectivity index (χ4n) is 2.95. The summed E-state index contributed by atoms with van der Waals surface area (Å²) < 4.78 is 4.44. The van der Waals surface area contributed by atoms with Gasteiger partial charge in [-0.05, 0) is 6.42 Å². The molecule has 0 aliphatic carbocycles. The first-order valence-electron chi connectivity index (χ1n) is 7.27. The summed E-state index contributed by atoms with van der Waals surface area (Å²) in [6.07, 6.45) is 8.88. The third-order valence-corrected chi connectivity index (χ3v) is 3.99. The van der Waals surface area contributed by atoms with Crippen molar-refractivity contribution < 1.29 is 0 Å². The predicted molar refractivity (Wildman–Crippen MR) is 77.0 cm³/mol. The van der Waals surface area contributed by atoms with Gasteiger partial charge in [0.25, 0.3) is 0 Å². The number of hydrogen-bond acceptors (Lipinski definition) is 4. The van der Waals surface area contributed by atoms with Crippen molar-refractivity contribution in [2.45, 2.75) is 39.0 Å². The van der Waals surface area contributed by atoms with Crippen LogP contribution in [0.2, 0.25) is 0 Å². The number of aromatic nitrogens is 4. The number of imidazole rings is 2. The van der Waals surface area contributed by atoms with Crippen molar-refractivity contribution in [3.63, 3.8) is 0 Å². The van der Waals surface area contributed by atoms with Crippen LogP contribution in [0.4, 0.5) is 0 Å². The van der Waals surface area contributed by atoms with Gasteiger partial charge in [0.2, 0.25) is 0 Å². The van der Waals surface area contributed by atoms with Crippen molar-refractivity contribution in [3.8, 4) is 0 Å². The minimum absolute atomic E-state index is 0.217. The molecule has 2 aromatic rings. The van der Waals surface area contributed by atoms with Gasteiger partial charge in [-0.1, -0.05) is 6.92 Å². The zero-order valence-corrected chi connectivity index (χ0v) is 11.9. The molecule has 0 saturated carbocycles. The summed E-state index contributed by atoms with van der Waals surface area (Å²) in [5, 5.41) is 0. The lowest BCUT2D eigenvalue weighted by Crippen LogP contribution is -2.40. The molecule has 2 N–H and O–H groups in total. The van der Waals surface area contributed by atoms with Crippen LogP contribution in [-0.2, 0) is 19.6 Å². The van der Waals surface area contributed by atoms with Crippen LogP contribution in [0.25, 0.3) is 0 Å². The average molecular weight is 274 g/mol. The van der Waals surface area contributed by atoms with Crippen LogP contribution in [0.3, 0.4) is 0 Å². The second-order valence-corrected chi connectivity index (χ2v) is 5.27. The zero-order chi connectivity index (χ0) is 13.9. The van der Waals surface area contributed by atoms with Crippen LogP contribution in [-0.4, -0.2) is 37.1 Å². The molecular weight excluding hydrogens is 252 g/mol. The Morgan fingerprint density at radius 3 is 3.10 bits per heavy atom. The molecule has 0 fully saturated rings. The molecule has 6 nitrogen and oxygen atoms in total. The predicted octanol–water partition coefficient (Wildman–Crippen LogP) is 1.01. The smallest absolute Gasteiger partial charge is 0.122 e. The molecule has 0 spiro atoms. The van der Waals surface area contributed by atoms with E-state index < -0.39 is 0 Å². The maximum absolute atomic E-state index is 6.05. The highest BCUT2D eigenvalue weighted by molar-refractivity contribution is 5.08. The lowest BCUT2D eigenvalue weighted by atomic mass is 10.1. The molecule has 3 rings (SSSR count). The van der Waals surface area contributed by atoms with E-state index in [-0.39, 0.29) is 6.04 Å². The van der Waals surface area contributed by atoms with Gasteiger partial charge in [-0.15, -0.1) is 0 Å². The maximum Gasteiger partial charge on any atom is 0.122 e. The number of hydrogen-bond donors (Lipinski definition) is 1. The van der Waals surface area contributed by atoms with Crippen molar-refractivity contribution in [1.82, 2.24) is 24.0 Å². The summed E-state index contributed by atoms with van der Waals surface area (Å²) in [5.41, 5.74) is 7.26. The molecule has 0 aromatic carbocycles. The normalized spacial score (nSPS) is 17.1. The minimum atomic E-state index is 0.217. The van der Waals surface area contributed by atoms with Crippen LogP contribution in [0.1, 0.15) is 30.9 Å². The van der Waals surface area contributed by atoms with E-state index >= 15 is 0 Å². The summed E-state index contributed by atoms with van der Waals surface area (Å²) in [5.74, 6) is 1.12. The van der Waals surface area contributed by atoms with Crippen LogP contribution >= 0.6 is 0 Å². The van der Waals surface area contributed by atoms with Crippen molar-refractivity contribution in [2.75, 3.05) is 13.1 Å². The minimum Gasteiger partial charge on any atom is -0.333 e. The van der Waals surface area contributed by atoms with Gasteiger partial charge in [0.1, 0.15) is 5.82 Å². The van der Waals surface area contributed by atoms with Crippen LogP contribution in [0.15, 0.2) is 24.9 Å². The summed E-state index contributed by atoms with van der Waals surface area (Å²) in [6.45, 7) is 6.62. The van der Waals surface area contributed by atoms with E-state index in [0.717, 1.165) is 38.4 Å². The Kier molecular flexibility index (Phi) is 3.84. The lowest BCUT2D eigenvalue weighted by Gasteiger charge is -2.34. The third kappa shape index (κ3) is 2.36. The van der Waals surface area contributed by atoms with Gasteiger partial charge in [-0.3, -0.25) is 4.90 Å². The number of rotatable bonds is 5. The average Bonchev–Trinajstić information content (AvgIpc) is 3.09. The second-order valence-electron chi connectivity index (χ2n) is 5.27. The number of aryl methyl sites for hydroxylation is 1. The summed E-state index contributed by atoms with van der Waals surface area (Å²) in [6, 6.07) is 0.217. The van der Waals surface area contributed by atoms with Gasteiger partial charge in [-0.25, -0.2) is 9.97 Å². The maximum atomic E-state index is 6.05. The fourth-order valence-corrected chi connectivity index (χ4v) is 2.95. The van der Waals surface area contributed by atoms with E-state index in [4.69, 9.17) is 5.73 Å². The van der Waals surface area contributed by atoms with Crippen molar-refractivity contribution >= 4 is 0 Å². The van der Waals surface area contributed by atoms with E-state index in [1.54, 1.807) is 0 Å². The molecule has 1 aliphatic heterocycles. The van der Waals surface area contributed by atoms with Gasteiger partial charge < -0.3 is 14.9 Å². The summed E-state index contributed by atoms with van der Waals surface area (Å²) >= 11 is 0. The van der Waals surface area contributed by atoms with Crippen LogP contribution in [0.5, 0.6) is 0 Å².